The van der Waals surface area contributed by atoms with Gasteiger partial charge in [-0.1, -0.05) is 6.07 Å². The van der Waals surface area contributed by atoms with Gasteiger partial charge in [-0.05, 0) is 111 Å². The number of nitrogens with zero attached hydrogens (tertiary/aromatic N) is 4. The summed E-state index contributed by atoms with van der Waals surface area (Å²) in [4.78, 5) is 9.03. The van der Waals surface area contributed by atoms with E-state index in [1.54, 1.807) is 0 Å². The number of aromatic nitrogens is 2. The van der Waals surface area contributed by atoms with Crippen molar-refractivity contribution in [2.24, 2.45) is 0 Å². The predicted molar refractivity (Wildman–Crippen MR) is 157 cm³/mol. The first-order chi connectivity index (χ1) is 18.6. The van der Waals surface area contributed by atoms with Crippen LogP contribution in [0.4, 0.5) is 11.4 Å². The second-order valence-corrected chi connectivity index (χ2v) is 10.6. The minimum atomic E-state index is -0.104. The SMILES string of the molecule is CN(C)c1ccc(-n2cccc2[C@@H]2[C@H](c3ccccn3)NC(=S)N2c2ccc(OC3CCCC3)cc2)cc1. The number of thiocarbonyl (C=S) groups is 1. The number of nitrogens with one attached hydrogen (secondary N) is 1. The fraction of sp³-hybridized carbons (Fsp3) is 0.290. The summed E-state index contributed by atoms with van der Waals surface area (Å²) >= 11 is 5.95. The highest BCUT2D eigenvalue weighted by Crippen LogP contribution is 2.42. The zero-order valence-corrected chi connectivity index (χ0v) is 22.6. The summed E-state index contributed by atoms with van der Waals surface area (Å²) in [6, 6.07) is 27.1. The molecule has 1 aliphatic carbocycles. The molecule has 6 nitrogen and oxygen atoms in total. The lowest BCUT2D eigenvalue weighted by molar-refractivity contribution is 0.210. The fourth-order valence-electron chi connectivity index (χ4n) is 5.60. The number of benzene rings is 2. The molecule has 0 amide bonds. The molecule has 1 aliphatic heterocycles. The van der Waals surface area contributed by atoms with Gasteiger partial charge in [0.15, 0.2) is 5.11 Å². The van der Waals surface area contributed by atoms with Crippen LogP contribution in [0.3, 0.4) is 0 Å². The summed E-state index contributed by atoms with van der Waals surface area (Å²) in [7, 11) is 4.11. The van der Waals surface area contributed by atoms with Crippen molar-refractivity contribution < 1.29 is 4.74 Å². The van der Waals surface area contributed by atoms with Gasteiger partial charge in [0.05, 0.1) is 17.8 Å². The lowest BCUT2D eigenvalue weighted by Gasteiger charge is -2.29. The Morgan fingerprint density at radius 3 is 2.32 bits per heavy atom. The Morgan fingerprint density at radius 1 is 0.895 bits per heavy atom. The summed E-state index contributed by atoms with van der Waals surface area (Å²) in [5, 5.41) is 4.26. The molecule has 7 heteroatoms. The van der Waals surface area contributed by atoms with Crippen LogP contribution < -0.4 is 19.9 Å². The Bertz CT molecular complexity index is 1380. The minimum Gasteiger partial charge on any atom is -0.490 e. The van der Waals surface area contributed by atoms with Crippen molar-refractivity contribution in [2.75, 3.05) is 23.9 Å². The maximum Gasteiger partial charge on any atom is 0.174 e. The van der Waals surface area contributed by atoms with Gasteiger partial charge in [-0.3, -0.25) is 4.98 Å². The molecule has 4 aromatic rings. The molecule has 2 aromatic carbocycles. The van der Waals surface area contributed by atoms with E-state index >= 15 is 0 Å². The van der Waals surface area contributed by atoms with E-state index < -0.39 is 0 Å². The number of rotatable bonds is 7. The van der Waals surface area contributed by atoms with Crippen molar-refractivity contribution in [3.63, 3.8) is 0 Å². The molecule has 1 saturated heterocycles. The summed E-state index contributed by atoms with van der Waals surface area (Å²) in [5.74, 6) is 0.918. The van der Waals surface area contributed by atoms with Gasteiger partial charge < -0.3 is 24.4 Å². The second-order valence-electron chi connectivity index (χ2n) is 10.2. The minimum absolute atomic E-state index is 0.0949. The molecule has 2 atom stereocenters. The molecule has 2 aliphatic rings. The van der Waals surface area contributed by atoms with Crippen LogP contribution in [0.1, 0.15) is 49.2 Å². The molecule has 38 heavy (non-hydrogen) atoms. The summed E-state index contributed by atoms with van der Waals surface area (Å²) < 4.78 is 8.48. The fourth-order valence-corrected chi connectivity index (χ4v) is 5.94. The first-order valence-corrected chi connectivity index (χ1v) is 13.7. The van der Waals surface area contributed by atoms with Crippen LogP contribution in [0.15, 0.2) is 91.3 Å². The third-order valence-electron chi connectivity index (χ3n) is 7.55. The van der Waals surface area contributed by atoms with E-state index in [-0.39, 0.29) is 12.1 Å². The molecule has 0 unspecified atom stereocenters. The van der Waals surface area contributed by atoms with Gasteiger partial charge >= 0.3 is 0 Å². The monoisotopic (exact) mass is 523 g/mol. The molecule has 0 bridgehead atoms. The van der Waals surface area contributed by atoms with Gasteiger partial charge in [-0.25, -0.2) is 0 Å². The van der Waals surface area contributed by atoms with Crippen molar-refractivity contribution in [1.29, 1.82) is 0 Å². The van der Waals surface area contributed by atoms with Crippen molar-refractivity contribution in [2.45, 2.75) is 43.9 Å². The maximum absolute atomic E-state index is 6.23. The number of anilines is 2. The number of hydrogen-bond donors (Lipinski definition) is 1. The topological polar surface area (TPSA) is 45.6 Å². The van der Waals surface area contributed by atoms with Gasteiger partial charge in [0.2, 0.25) is 0 Å². The Morgan fingerprint density at radius 2 is 1.63 bits per heavy atom. The van der Waals surface area contributed by atoms with E-state index in [9.17, 15) is 0 Å². The van der Waals surface area contributed by atoms with Gasteiger partial charge in [0.25, 0.3) is 0 Å². The molecule has 2 fully saturated rings. The lowest BCUT2D eigenvalue weighted by atomic mass is 10.0. The van der Waals surface area contributed by atoms with E-state index in [1.165, 1.54) is 18.5 Å². The van der Waals surface area contributed by atoms with E-state index in [1.807, 2.05) is 18.3 Å². The van der Waals surface area contributed by atoms with Crippen LogP contribution in [0.2, 0.25) is 0 Å². The third kappa shape index (κ3) is 4.74. The van der Waals surface area contributed by atoms with Crippen LogP contribution in [0.5, 0.6) is 5.75 Å². The number of pyridine rings is 1. The quantitative estimate of drug-likeness (QED) is 0.282. The molecule has 0 radical (unpaired) electrons. The zero-order valence-electron chi connectivity index (χ0n) is 21.8. The average molecular weight is 524 g/mol. The number of ether oxygens (including phenoxy) is 1. The zero-order chi connectivity index (χ0) is 26.1. The van der Waals surface area contributed by atoms with E-state index in [0.717, 1.165) is 41.4 Å². The highest BCUT2D eigenvalue weighted by Gasteiger charge is 2.42. The van der Waals surface area contributed by atoms with Crippen molar-refractivity contribution >= 4 is 28.7 Å². The highest BCUT2D eigenvalue weighted by atomic mass is 32.1. The molecule has 1 saturated carbocycles. The van der Waals surface area contributed by atoms with Crippen molar-refractivity contribution in [3.8, 4) is 11.4 Å². The lowest BCUT2D eigenvalue weighted by Crippen LogP contribution is -2.30. The van der Waals surface area contributed by atoms with Gasteiger partial charge in [0.1, 0.15) is 11.8 Å². The molecule has 2 aromatic heterocycles. The van der Waals surface area contributed by atoms with Gasteiger partial charge in [-0.2, -0.15) is 0 Å². The molecular weight excluding hydrogens is 490 g/mol. The van der Waals surface area contributed by atoms with Gasteiger partial charge in [0, 0.05) is 49.2 Å². The van der Waals surface area contributed by atoms with Crippen LogP contribution in [0.25, 0.3) is 5.69 Å². The maximum atomic E-state index is 6.23. The van der Waals surface area contributed by atoms with Crippen molar-refractivity contribution in [1.82, 2.24) is 14.9 Å². The first kappa shape index (κ1) is 24.5. The van der Waals surface area contributed by atoms with E-state index in [0.29, 0.717) is 11.2 Å². The third-order valence-corrected chi connectivity index (χ3v) is 7.86. The predicted octanol–water partition coefficient (Wildman–Crippen LogP) is 6.44. The van der Waals surface area contributed by atoms with Gasteiger partial charge in [-0.15, -0.1) is 0 Å². The summed E-state index contributed by atoms with van der Waals surface area (Å²) in [6.45, 7) is 0. The Kier molecular flexibility index (Phi) is 6.77. The van der Waals surface area contributed by atoms with Crippen LogP contribution in [-0.2, 0) is 0 Å². The normalized spacial score (nSPS) is 19.5. The Labute approximate surface area is 229 Å². The first-order valence-electron chi connectivity index (χ1n) is 13.3. The summed E-state index contributed by atoms with van der Waals surface area (Å²) in [6.07, 6.45) is 9.08. The molecule has 3 heterocycles. The van der Waals surface area contributed by atoms with E-state index in [2.05, 4.69) is 107 Å². The van der Waals surface area contributed by atoms with Crippen molar-refractivity contribution in [3.05, 3.63) is 103 Å². The Hall–Kier alpha value is -3.84. The summed E-state index contributed by atoms with van der Waals surface area (Å²) in [5.41, 5.74) is 5.39. The molecule has 0 spiro atoms. The average Bonchev–Trinajstić information content (AvgIpc) is 3.70. The molecule has 1 N–H and O–H groups in total. The molecular formula is C31H33N5OS. The smallest absolute Gasteiger partial charge is 0.174 e. The van der Waals surface area contributed by atoms with Crippen LogP contribution in [-0.4, -0.2) is 34.9 Å². The Balaban J connectivity index is 1.38. The molecule has 194 valence electrons. The van der Waals surface area contributed by atoms with Crippen LogP contribution in [0, 0.1) is 0 Å². The van der Waals surface area contributed by atoms with E-state index in [4.69, 9.17) is 21.9 Å². The van der Waals surface area contributed by atoms with Crippen LogP contribution >= 0.6 is 12.2 Å². The highest BCUT2D eigenvalue weighted by molar-refractivity contribution is 7.80. The largest absolute Gasteiger partial charge is 0.490 e. The number of hydrogen-bond acceptors (Lipinski definition) is 4. The molecule has 6 rings (SSSR count). The second kappa shape index (κ2) is 10.5. The standard InChI is InChI=1S/C31H33N5OS/c1-34(2)22-12-14-23(15-13-22)35-21-7-11-28(35)30-29(27-10-5-6-20-32-27)33-31(38)36(30)24-16-18-26(19-17-24)37-25-8-3-4-9-25/h5-7,10-21,25,29-30H,3-4,8-9H2,1-2H3,(H,33,38)/t29-,30+/m0/s1.